The third-order valence-electron chi connectivity index (χ3n) is 1.86. The summed E-state index contributed by atoms with van der Waals surface area (Å²) in [5.41, 5.74) is 0.779. The van der Waals surface area contributed by atoms with Crippen molar-refractivity contribution in [1.29, 1.82) is 0 Å². The van der Waals surface area contributed by atoms with Crippen LogP contribution in [0.5, 0.6) is 0 Å². The first-order chi connectivity index (χ1) is 6.92. The highest BCUT2D eigenvalue weighted by Crippen LogP contribution is 2.20. The first-order valence-corrected chi connectivity index (χ1v) is 5.73. The normalized spacial score (nSPS) is 10.6. The van der Waals surface area contributed by atoms with Crippen molar-refractivity contribution >= 4 is 28.5 Å². The largest absolute Gasteiger partial charge is 0.460 e. The summed E-state index contributed by atoms with van der Waals surface area (Å²) in [6, 6.07) is 1.88. The molecule has 0 unspecified atom stereocenters. The monoisotopic (exact) mass is 209 g/mol. The van der Waals surface area contributed by atoms with Gasteiger partial charge in [-0.15, -0.1) is 5.10 Å². The molecule has 2 aromatic rings. The topological polar surface area (TPSA) is 51.0 Å². The van der Waals surface area contributed by atoms with Crippen molar-refractivity contribution in [2.24, 2.45) is 0 Å². The molecule has 0 amide bonds. The van der Waals surface area contributed by atoms with Crippen LogP contribution < -0.4 is 5.32 Å². The molecular formula is C9H11N3OS. The lowest BCUT2D eigenvalue weighted by Crippen LogP contribution is -2.06. The molecule has 4 nitrogen and oxygen atoms in total. The zero-order valence-corrected chi connectivity index (χ0v) is 8.67. The molecule has 0 saturated heterocycles. The van der Waals surface area contributed by atoms with Gasteiger partial charge in [-0.3, -0.25) is 0 Å². The lowest BCUT2D eigenvalue weighted by molar-refractivity contribution is 0.614. The molecule has 2 rings (SSSR count). The molecule has 0 aliphatic heterocycles. The molecule has 2 aromatic heterocycles. The van der Waals surface area contributed by atoms with Crippen LogP contribution in [-0.4, -0.2) is 28.8 Å². The maximum atomic E-state index is 5.31. The molecule has 0 atom stereocenters. The molecule has 14 heavy (non-hydrogen) atoms. The number of nitrogens with zero attached hydrogens (tertiary/aromatic N) is 2. The van der Waals surface area contributed by atoms with Crippen molar-refractivity contribution in [2.75, 3.05) is 23.9 Å². The van der Waals surface area contributed by atoms with Crippen LogP contribution in [0.3, 0.4) is 0 Å². The SMILES string of the molecule is CSCCNc1nncc2ccoc12. The molecule has 0 aliphatic carbocycles. The van der Waals surface area contributed by atoms with E-state index in [1.807, 2.05) is 6.07 Å². The van der Waals surface area contributed by atoms with E-state index in [4.69, 9.17) is 4.42 Å². The maximum Gasteiger partial charge on any atom is 0.192 e. The minimum absolute atomic E-state index is 0.724. The molecule has 2 heterocycles. The number of thioether (sulfide) groups is 1. The Kier molecular flexibility index (Phi) is 2.88. The van der Waals surface area contributed by atoms with Crippen molar-refractivity contribution in [3.63, 3.8) is 0 Å². The fourth-order valence-electron chi connectivity index (χ4n) is 1.19. The maximum absolute atomic E-state index is 5.31. The average Bonchev–Trinajstić information content (AvgIpc) is 2.67. The number of hydrogen-bond acceptors (Lipinski definition) is 5. The Hall–Kier alpha value is -1.23. The molecule has 0 aromatic carbocycles. The summed E-state index contributed by atoms with van der Waals surface area (Å²) in [5, 5.41) is 12.0. The molecule has 0 fully saturated rings. The summed E-state index contributed by atoms with van der Waals surface area (Å²) < 4.78 is 5.31. The predicted molar refractivity (Wildman–Crippen MR) is 58.7 cm³/mol. The van der Waals surface area contributed by atoms with E-state index in [1.165, 1.54) is 0 Å². The number of nitrogens with one attached hydrogen (secondary N) is 1. The third-order valence-corrected chi connectivity index (χ3v) is 2.48. The van der Waals surface area contributed by atoms with Gasteiger partial charge >= 0.3 is 0 Å². The molecule has 5 heteroatoms. The van der Waals surface area contributed by atoms with Gasteiger partial charge < -0.3 is 9.73 Å². The smallest absolute Gasteiger partial charge is 0.192 e. The van der Waals surface area contributed by atoms with Gasteiger partial charge in [0, 0.05) is 17.7 Å². The van der Waals surface area contributed by atoms with E-state index in [0.717, 1.165) is 29.1 Å². The van der Waals surface area contributed by atoms with Gasteiger partial charge in [-0.05, 0) is 12.3 Å². The highest BCUT2D eigenvalue weighted by Gasteiger charge is 2.04. The standard InChI is InChI=1S/C9H11N3OS/c1-14-5-3-10-9-8-7(2-4-13-8)6-11-12-9/h2,4,6H,3,5H2,1H3,(H,10,12). The van der Waals surface area contributed by atoms with Gasteiger partial charge in [0.15, 0.2) is 11.4 Å². The van der Waals surface area contributed by atoms with Crippen LogP contribution in [0.25, 0.3) is 11.0 Å². The molecule has 0 bridgehead atoms. The fraction of sp³-hybridized carbons (Fsp3) is 0.333. The Labute approximate surface area is 86.1 Å². The highest BCUT2D eigenvalue weighted by molar-refractivity contribution is 7.98. The quantitative estimate of drug-likeness (QED) is 0.780. The minimum Gasteiger partial charge on any atom is -0.460 e. The van der Waals surface area contributed by atoms with Crippen LogP contribution in [0, 0.1) is 0 Å². The van der Waals surface area contributed by atoms with E-state index < -0.39 is 0 Å². The lowest BCUT2D eigenvalue weighted by atomic mass is 10.3. The Morgan fingerprint density at radius 2 is 2.50 bits per heavy atom. The highest BCUT2D eigenvalue weighted by atomic mass is 32.2. The summed E-state index contributed by atoms with van der Waals surface area (Å²) in [6.45, 7) is 0.871. The van der Waals surface area contributed by atoms with Crippen LogP contribution in [-0.2, 0) is 0 Å². The number of rotatable bonds is 4. The van der Waals surface area contributed by atoms with Gasteiger partial charge in [0.05, 0.1) is 12.5 Å². The molecule has 0 aliphatic rings. The lowest BCUT2D eigenvalue weighted by Gasteiger charge is -2.02. The second-order valence-corrected chi connectivity index (χ2v) is 3.80. The van der Waals surface area contributed by atoms with E-state index in [2.05, 4.69) is 21.8 Å². The van der Waals surface area contributed by atoms with E-state index in [1.54, 1.807) is 24.2 Å². The zero-order chi connectivity index (χ0) is 9.80. The first-order valence-electron chi connectivity index (χ1n) is 4.33. The number of fused-ring (bicyclic) bond motifs is 1. The summed E-state index contributed by atoms with van der Waals surface area (Å²) in [6.07, 6.45) is 5.41. The van der Waals surface area contributed by atoms with Gasteiger partial charge in [0.2, 0.25) is 0 Å². The average molecular weight is 209 g/mol. The summed E-state index contributed by atoms with van der Waals surface area (Å²) in [4.78, 5) is 0. The van der Waals surface area contributed by atoms with Crippen LogP contribution >= 0.6 is 11.8 Å². The Bertz CT molecular complexity index is 415. The van der Waals surface area contributed by atoms with Crippen LogP contribution in [0.2, 0.25) is 0 Å². The number of anilines is 1. The van der Waals surface area contributed by atoms with Crippen LogP contribution in [0.15, 0.2) is 22.9 Å². The van der Waals surface area contributed by atoms with Gasteiger partial charge in [-0.1, -0.05) is 0 Å². The fourth-order valence-corrected chi connectivity index (χ4v) is 1.50. The van der Waals surface area contributed by atoms with Gasteiger partial charge in [0.25, 0.3) is 0 Å². The van der Waals surface area contributed by atoms with Crippen molar-refractivity contribution in [1.82, 2.24) is 10.2 Å². The minimum atomic E-state index is 0.724. The molecule has 0 spiro atoms. The van der Waals surface area contributed by atoms with Crippen molar-refractivity contribution in [3.8, 4) is 0 Å². The van der Waals surface area contributed by atoms with E-state index in [0.29, 0.717) is 0 Å². The molecule has 0 saturated carbocycles. The van der Waals surface area contributed by atoms with Gasteiger partial charge in [0.1, 0.15) is 0 Å². The zero-order valence-electron chi connectivity index (χ0n) is 7.86. The molecule has 1 N–H and O–H groups in total. The first kappa shape index (κ1) is 9.33. The van der Waals surface area contributed by atoms with E-state index >= 15 is 0 Å². The molecular weight excluding hydrogens is 198 g/mol. The number of hydrogen-bond donors (Lipinski definition) is 1. The Morgan fingerprint density at radius 3 is 3.36 bits per heavy atom. The van der Waals surface area contributed by atoms with Crippen LogP contribution in [0.4, 0.5) is 5.82 Å². The van der Waals surface area contributed by atoms with Crippen molar-refractivity contribution < 1.29 is 4.42 Å². The second-order valence-electron chi connectivity index (χ2n) is 2.82. The van der Waals surface area contributed by atoms with Crippen molar-refractivity contribution in [2.45, 2.75) is 0 Å². The second kappa shape index (κ2) is 4.32. The van der Waals surface area contributed by atoms with E-state index in [9.17, 15) is 0 Å². The molecule has 74 valence electrons. The predicted octanol–water partition coefficient (Wildman–Crippen LogP) is 2.00. The number of furan rings is 1. The van der Waals surface area contributed by atoms with Crippen LogP contribution in [0.1, 0.15) is 0 Å². The number of aromatic nitrogens is 2. The van der Waals surface area contributed by atoms with Gasteiger partial charge in [-0.25, -0.2) is 0 Å². The Morgan fingerprint density at radius 1 is 1.57 bits per heavy atom. The molecule has 0 radical (unpaired) electrons. The van der Waals surface area contributed by atoms with Crippen molar-refractivity contribution in [3.05, 3.63) is 18.5 Å². The summed E-state index contributed by atoms with van der Waals surface area (Å²) in [5.74, 6) is 1.76. The third kappa shape index (κ3) is 1.82. The Balaban J connectivity index is 2.19. The summed E-state index contributed by atoms with van der Waals surface area (Å²) >= 11 is 1.79. The summed E-state index contributed by atoms with van der Waals surface area (Å²) in [7, 11) is 0. The van der Waals surface area contributed by atoms with E-state index in [-0.39, 0.29) is 0 Å². The van der Waals surface area contributed by atoms with Gasteiger partial charge in [-0.2, -0.15) is 16.9 Å².